The number of nitrogens with zero attached hydrogens (tertiary/aromatic N) is 1. The molecule has 2 rings (SSSR count). The number of hydrogen-bond acceptors (Lipinski definition) is 2. The van der Waals surface area contributed by atoms with E-state index in [2.05, 4.69) is 78.4 Å². The lowest BCUT2D eigenvalue weighted by molar-refractivity contribution is 0.110. The van der Waals surface area contributed by atoms with Crippen molar-refractivity contribution in [2.45, 2.75) is 45.7 Å². The van der Waals surface area contributed by atoms with E-state index in [1.165, 1.54) is 29.3 Å². The van der Waals surface area contributed by atoms with Gasteiger partial charge in [0.15, 0.2) is 0 Å². The molecule has 0 amide bonds. The lowest BCUT2D eigenvalue weighted by Crippen LogP contribution is -2.45. The first-order chi connectivity index (χ1) is 9.91. The number of halogens is 1. The third-order valence-corrected chi connectivity index (χ3v) is 5.60. The molecule has 2 atom stereocenters. The van der Waals surface area contributed by atoms with Crippen molar-refractivity contribution in [2.75, 3.05) is 20.6 Å². The van der Waals surface area contributed by atoms with Gasteiger partial charge in [-0.25, -0.2) is 0 Å². The van der Waals surface area contributed by atoms with Crippen LogP contribution in [0.25, 0.3) is 0 Å². The summed E-state index contributed by atoms with van der Waals surface area (Å²) in [5, 5.41) is 3.54. The Balaban J connectivity index is 1.97. The summed E-state index contributed by atoms with van der Waals surface area (Å²) in [5.41, 5.74) is 1.86. The standard InChI is InChI=1S/C18H29BrN2/c1-18(2)10-9-17(20-3)15(11-18)13-21(4)12-14-7-5-6-8-16(14)19/h5-8,15,17,20H,9-13H2,1-4H3. The Labute approximate surface area is 138 Å². The van der Waals surface area contributed by atoms with Crippen LogP contribution in [0.2, 0.25) is 0 Å². The topological polar surface area (TPSA) is 15.3 Å². The van der Waals surface area contributed by atoms with Crippen LogP contribution in [0.3, 0.4) is 0 Å². The first kappa shape index (κ1) is 17.0. The van der Waals surface area contributed by atoms with Crippen molar-refractivity contribution in [3.63, 3.8) is 0 Å². The maximum atomic E-state index is 3.65. The first-order valence-electron chi connectivity index (χ1n) is 8.00. The summed E-state index contributed by atoms with van der Waals surface area (Å²) in [7, 11) is 4.36. The SMILES string of the molecule is CNC1CCC(C)(C)CC1CN(C)Cc1ccccc1Br. The normalized spacial score (nSPS) is 25.2. The minimum atomic E-state index is 0.492. The second kappa shape index (κ2) is 7.26. The van der Waals surface area contributed by atoms with Gasteiger partial charge in [-0.3, -0.25) is 0 Å². The molecule has 0 heterocycles. The summed E-state index contributed by atoms with van der Waals surface area (Å²) in [6.45, 7) is 7.00. The van der Waals surface area contributed by atoms with Gasteiger partial charge in [-0.15, -0.1) is 0 Å². The molecule has 0 spiro atoms. The molecule has 3 heteroatoms. The Hall–Kier alpha value is -0.380. The minimum absolute atomic E-state index is 0.492. The zero-order valence-corrected chi connectivity index (χ0v) is 15.4. The van der Waals surface area contributed by atoms with Crippen LogP contribution >= 0.6 is 15.9 Å². The third-order valence-electron chi connectivity index (χ3n) is 4.83. The molecule has 1 fully saturated rings. The van der Waals surface area contributed by atoms with Gasteiger partial charge in [0, 0.05) is 23.6 Å². The largest absolute Gasteiger partial charge is 0.317 e. The van der Waals surface area contributed by atoms with E-state index >= 15 is 0 Å². The predicted molar refractivity (Wildman–Crippen MR) is 94.4 cm³/mol. The van der Waals surface area contributed by atoms with Gasteiger partial charge in [-0.05, 0) is 56.3 Å². The van der Waals surface area contributed by atoms with Gasteiger partial charge in [0.2, 0.25) is 0 Å². The van der Waals surface area contributed by atoms with Crippen LogP contribution in [-0.2, 0) is 6.54 Å². The van der Waals surface area contributed by atoms with E-state index in [-0.39, 0.29) is 0 Å². The summed E-state index contributed by atoms with van der Waals surface area (Å²) in [6, 6.07) is 9.20. The maximum absolute atomic E-state index is 3.65. The number of nitrogens with one attached hydrogen (secondary N) is 1. The average molecular weight is 353 g/mol. The Morgan fingerprint density at radius 1 is 1.33 bits per heavy atom. The van der Waals surface area contributed by atoms with Crippen LogP contribution in [0.1, 0.15) is 38.7 Å². The minimum Gasteiger partial charge on any atom is -0.317 e. The summed E-state index contributed by atoms with van der Waals surface area (Å²) in [4.78, 5) is 2.47. The molecule has 2 unspecified atom stereocenters. The fourth-order valence-corrected chi connectivity index (χ4v) is 4.10. The van der Waals surface area contributed by atoms with Crippen LogP contribution < -0.4 is 5.32 Å². The zero-order valence-electron chi connectivity index (χ0n) is 13.8. The molecule has 1 aromatic rings. The van der Waals surface area contributed by atoms with Crippen molar-refractivity contribution < 1.29 is 0 Å². The monoisotopic (exact) mass is 352 g/mol. The van der Waals surface area contributed by atoms with E-state index in [9.17, 15) is 0 Å². The molecule has 21 heavy (non-hydrogen) atoms. The Bertz CT molecular complexity index is 458. The molecule has 0 saturated heterocycles. The molecular weight excluding hydrogens is 324 g/mol. The van der Waals surface area contributed by atoms with Crippen LogP contribution in [0.4, 0.5) is 0 Å². The van der Waals surface area contributed by atoms with E-state index in [4.69, 9.17) is 0 Å². The predicted octanol–water partition coefficient (Wildman–Crippen LogP) is 4.30. The molecular formula is C18H29BrN2. The molecule has 0 bridgehead atoms. The molecule has 1 saturated carbocycles. The number of hydrogen-bond donors (Lipinski definition) is 1. The van der Waals surface area contributed by atoms with Crippen molar-refractivity contribution in [1.29, 1.82) is 0 Å². The van der Waals surface area contributed by atoms with Crippen LogP contribution in [0.15, 0.2) is 28.7 Å². The van der Waals surface area contributed by atoms with Crippen LogP contribution in [0, 0.1) is 11.3 Å². The zero-order chi connectivity index (χ0) is 15.5. The van der Waals surface area contributed by atoms with Crippen molar-refractivity contribution in [3.8, 4) is 0 Å². The second-order valence-corrected chi connectivity index (χ2v) is 8.20. The third kappa shape index (κ3) is 4.80. The van der Waals surface area contributed by atoms with Gasteiger partial charge in [-0.1, -0.05) is 48.0 Å². The van der Waals surface area contributed by atoms with Gasteiger partial charge < -0.3 is 10.2 Å². The summed E-state index contributed by atoms with van der Waals surface area (Å²) >= 11 is 3.65. The fraction of sp³-hybridized carbons (Fsp3) is 0.667. The lowest BCUT2D eigenvalue weighted by atomic mass is 9.69. The lowest BCUT2D eigenvalue weighted by Gasteiger charge is -2.42. The molecule has 118 valence electrons. The van der Waals surface area contributed by atoms with E-state index in [0.717, 1.165) is 19.0 Å². The molecule has 0 aromatic heterocycles. The molecule has 0 aliphatic heterocycles. The van der Waals surface area contributed by atoms with Gasteiger partial charge >= 0.3 is 0 Å². The quantitative estimate of drug-likeness (QED) is 0.849. The summed E-state index contributed by atoms with van der Waals surface area (Å²) in [6.07, 6.45) is 3.96. The van der Waals surface area contributed by atoms with Gasteiger partial charge in [0.1, 0.15) is 0 Å². The van der Waals surface area contributed by atoms with E-state index in [1.54, 1.807) is 0 Å². The summed E-state index contributed by atoms with van der Waals surface area (Å²) in [5.74, 6) is 0.742. The van der Waals surface area contributed by atoms with E-state index in [0.29, 0.717) is 11.5 Å². The fourth-order valence-electron chi connectivity index (χ4n) is 3.69. The highest BCUT2D eigenvalue weighted by Crippen LogP contribution is 2.39. The van der Waals surface area contributed by atoms with Crippen molar-refractivity contribution in [1.82, 2.24) is 10.2 Å². The highest BCUT2D eigenvalue weighted by Gasteiger charge is 2.34. The Morgan fingerprint density at radius 2 is 2.05 bits per heavy atom. The Kier molecular flexibility index (Phi) is 5.87. The van der Waals surface area contributed by atoms with Crippen molar-refractivity contribution in [2.24, 2.45) is 11.3 Å². The highest BCUT2D eigenvalue weighted by molar-refractivity contribution is 9.10. The molecule has 1 aliphatic carbocycles. The molecule has 0 radical (unpaired) electrons. The maximum Gasteiger partial charge on any atom is 0.0242 e. The molecule has 1 aliphatic rings. The molecule has 1 N–H and O–H groups in total. The highest BCUT2D eigenvalue weighted by atomic mass is 79.9. The van der Waals surface area contributed by atoms with Crippen LogP contribution in [0.5, 0.6) is 0 Å². The van der Waals surface area contributed by atoms with Crippen LogP contribution in [-0.4, -0.2) is 31.6 Å². The number of benzene rings is 1. The smallest absolute Gasteiger partial charge is 0.0242 e. The van der Waals surface area contributed by atoms with Gasteiger partial charge in [0.05, 0.1) is 0 Å². The van der Waals surface area contributed by atoms with Gasteiger partial charge in [-0.2, -0.15) is 0 Å². The van der Waals surface area contributed by atoms with Crippen molar-refractivity contribution in [3.05, 3.63) is 34.3 Å². The van der Waals surface area contributed by atoms with E-state index < -0.39 is 0 Å². The van der Waals surface area contributed by atoms with Crippen molar-refractivity contribution >= 4 is 15.9 Å². The molecule has 2 nitrogen and oxygen atoms in total. The molecule has 1 aromatic carbocycles. The van der Waals surface area contributed by atoms with Gasteiger partial charge in [0.25, 0.3) is 0 Å². The average Bonchev–Trinajstić information content (AvgIpc) is 2.41. The Morgan fingerprint density at radius 3 is 2.71 bits per heavy atom. The number of rotatable bonds is 5. The summed E-state index contributed by atoms with van der Waals surface area (Å²) < 4.78 is 1.21. The van der Waals surface area contributed by atoms with E-state index in [1.807, 2.05) is 0 Å². The second-order valence-electron chi connectivity index (χ2n) is 7.35. The first-order valence-corrected chi connectivity index (χ1v) is 8.80.